The zero-order chi connectivity index (χ0) is 13.5. The highest BCUT2D eigenvalue weighted by molar-refractivity contribution is 5.74. The van der Waals surface area contributed by atoms with Crippen LogP contribution in [0.4, 0.5) is 0 Å². The van der Waals surface area contributed by atoms with Crippen molar-refractivity contribution in [1.82, 2.24) is 0 Å². The normalized spacial score (nSPS) is 36.8. The molecule has 108 valence electrons. The Hall–Kier alpha value is -0.530. The average Bonchev–Trinajstić information content (AvgIpc) is 3.32. The van der Waals surface area contributed by atoms with Crippen LogP contribution in [-0.4, -0.2) is 12.6 Å². The fourth-order valence-electron chi connectivity index (χ4n) is 4.09. The average molecular weight is 264 g/mol. The largest absolute Gasteiger partial charge is 0.465 e. The standard InChI is InChI=1S/C17H28O2/c1-12(13-6-4-3-5-7-13)15-10-17(15,2)11-19-16(18)14-8-9-14/h12-15H,3-11H2,1-2H3. The summed E-state index contributed by atoms with van der Waals surface area (Å²) in [6.45, 7) is 5.43. The fourth-order valence-corrected chi connectivity index (χ4v) is 4.09. The van der Waals surface area contributed by atoms with Crippen molar-refractivity contribution in [3.8, 4) is 0 Å². The highest BCUT2D eigenvalue weighted by Crippen LogP contribution is 2.59. The third-order valence-corrected chi connectivity index (χ3v) is 5.90. The molecule has 0 aromatic carbocycles. The van der Waals surface area contributed by atoms with Gasteiger partial charge in [0, 0.05) is 5.41 Å². The van der Waals surface area contributed by atoms with Gasteiger partial charge in [-0.25, -0.2) is 0 Å². The van der Waals surface area contributed by atoms with E-state index in [9.17, 15) is 4.79 Å². The summed E-state index contributed by atoms with van der Waals surface area (Å²) in [6, 6.07) is 0. The third-order valence-electron chi connectivity index (χ3n) is 5.90. The van der Waals surface area contributed by atoms with Crippen LogP contribution in [0.3, 0.4) is 0 Å². The van der Waals surface area contributed by atoms with E-state index < -0.39 is 0 Å². The molecule has 0 aromatic heterocycles. The lowest BCUT2D eigenvalue weighted by Gasteiger charge is -2.29. The van der Waals surface area contributed by atoms with E-state index in [4.69, 9.17) is 4.74 Å². The third kappa shape index (κ3) is 2.98. The number of carbonyl (C=O) groups is 1. The van der Waals surface area contributed by atoms with Crippen molar-refractivity contribution in [3.63, 3.8) is 0 Å². The molecule has 3 saturated carbocycles. The van der Waals surface area contributed by atoms with Gasteiger partial charge in [0.05, 0.1) is 12.5 Å². The minimum Gasteiger partial charge on any atom is -0.465 e. The monoisotopic (exact) mass is 264 g/mol. The number of esters is 1. The Morgan fingerprint density at radius 2 is 1.89 bits per heavy atom. The van der Waals surface area contributed by atoms with Crippen LogP contribution in [0.1, 0.15) is 65.2 Å². The maximum atomic E-state index is 11.6. The molecule has 0 heterocycles. The van der Waals surface area contributed by atoms with Gasteiger partial charge in [-0.15, -0.1) is 0 Å². The summed E-state index contributed by atoms with van der Waals surface area (Å²) in [5, 5.41) is 0. The molecule has 3 rings (SSSR count). The van der Waals surface area contributed by atoms with E-state index >= 15 is 0 Å². The van der Waals surface area contributed by atoms with E-state index in [2.05, 4.69) is 13.8 Å². The van der Waals surface area contributed by atoms with Crippen LogP contribution in [0.15, 0.2) is 0 Å². The SMILES string of the molecule is CC(C1CCCCC1)C1CC1(C)COC(=O)C1CC1. The number of hydrogen-bond acceptors (Lipinski definition) is 2. The summed E-state index contributed by atoms with van der Waals surface area (Å²) in [6.07, 6.45) is 10.5. The Balaban J connectivity index is 1.46. The van der Waals surface area contributed by atoms with Crippen LogP contribution >= 0.6 is 0 Å². The zero-order valence-corrected chi connectivity index (χ0v) is 12.5. The van der Waals surface area contributed by atoms with E-state index in [1.165, 1.54) is 38.5 Å². The summed E-state index contributed by atoms with van der Waals surface area (Å²) >= 11 is 0. The quantitative estimate of drug-likeness (QED) is 0.696. The first-order valence-electron chi connectivity index (χ1n) is 8.27. The second-order valence-electron chi connectivity index (χ2n) is 7.60. The minimum absolute atomic E-state index is 0.0668. The van der Waals surface area contributed by atoms with Gasteiger partial charge in [0.25, 0.3) is 0 Å². The van der Waals surface area contributed by atoms with Gasteiger partial charge < -0.3 is 4.74 Å². The molecule has 2 nitrogen and oxygen atoms in total. The smallest absolute Gasteiger partial charge is 0.308 e. The fraction of sp³-hybridized carbons (Fsp3) is 0.941. The molecule has 0 amide bonds. The number of ether oxygens (including phenoxy) is 1. The van der Waals surface area contributed by atoms with Gasteiger partial charge in [-0.3, -0.25) is 4.79 Å². The Bertz CT molecular complexity index is 341. The Kier molecular flexibility index (Phi) is 3.61. The second kappa shape index (κ2) is 5.10. The maximum absolute atomic E-state index is 11.6. The summed E-state index contributed by atoms with van der Waals surface area (Å²) in [4.78, 5) is 11.6. The van der Waals surface area contributed by atoms with E-state index in [1.54, 1.807) is 0 Å². The first-order chi connectivity index (χ1) is 9.10. The Labute approximate surface area is 117 Å². The van der Waals surface area contributed by atoms with Gasteiger partial charge >= 0.3 is 5.97 Å². The Morgan fingerprint density at radius 3 is 2.53 bits per heavy atom. The van der Waals surface area contributed by atoms with Crippen molar-refractivity contribution in [2.24, 2.45) is 29.1 Å². The van der Waals surface area contributed by atoms with Crippen LogP contribution in [0, 0.1) is 29.1 Å². The van der Waals surface area contributed by atoms with E-state index in [1.807, 2.05) is 0 Å². The van der Waals surface area contributed by atoms with Gasteiger partial charge in [0.2, 0.25) is 0 Å². The molecule has 2 heteroatoms. The van der Waals surface area contributed by atoms with Crippen molar-refractivity contribution in [2.45, 2.75) is 65.2 Å². The molecule has 0 bridgehead atoms. The molecular weight excluding hydrogens is 236 g/mol. The molecular formula is C17H28O2. The highest BCUT2D eigenvalue weighted by atomic mass is 16.5. The lowest BCUT2D eigenvalue weighted by Crippen LogP contribution is -2.22. The van der Waals surface area contributed by atoms with Gasteiger partial charge in [0.1, 0.15) is 0 Å². The van der Waals surface area contributed by atoms with Gasteiger partial charge in [0.15, 0.2) is 0 Å². The summed E-state index contributed by atoms with van der Waals surface area (Å²) in [7, 11) is 0. The minimum atomic E-state index is 0.0668. The molecule has 3 fully saturated rings. The molecule has 0 N–H and O–H groups in total. The Morgan fingerprint density at radius 1 is 1.21 bits per heavy atom. The highest BCUT2D eigenvalue weighted by Gasteiger charge is 2.54. The lowest BCUT2D eigenvalue weighted by molar-refractivity contribution is -0.147. The molecule has 3 unspecified atom stereocenters. The summed E-state index contributed by atoms with van der Waals surface area (Å²) in [5.41, 5.74) is 0.293. The molecule has 0 spiro atoms. The topological polar surface area (TPSA) is 26.3 Å². The molecule has 3 aliphatic carbocycles. The van der Waals surface area contributed by atoms with E-state index in [0.717, 1.165) is 30.6 Å². The molecule has 19 heavy (non-hydrogen) atoms. The van der Waals surface area contributed by atoms with Crippen LogP contribution in [0.25, 0.3) is 0 Å². The predicted octanol–water partition coefficient (Wildman–Crippen LogP) is 4.18. The van der Waals surface area contributed by atoms with Crippen molar-refractivity contribution in [1.29, 1.82) is 0 Å². The second-order valence-corrected chi connectivity index (χ2v) is 7.60. The molecule has 3 atom stereocenters. The van der Waals surface area contributed by atoms with Crippen molar-refractivity contribution in [3.05, 3.63) is 0 Å². The van der Waals surface area contributed by atoms with Crippen molar-refractivity contribution >= 4 is 5.97 Å². The van der Waals surface area contributed by atoms with Crippen molar-refractivity contribution in [2.75, 3.05) is 6.61 Å². The van der Waals surface area contributed by atoms with Crippen molar-refractivity contribution < 1.29 is 9.53 Å². The number of carbonyl (C=O) groups excluding carboxylic acids is 1. The first-order valence-corrected chi connectivity index (χ1v) is 8.27. The molecule has 0 radical (unpaired) electrons. The van der Waals surface area contributed by atoms with E-state index in [0.29, 0.717) is 12.0 Å². The summed E-state index contributed by atoms with van der Waals surface area (Å²) in [5.74, 6) is 2.86. The maximum Gasteiger partial charge on any atom is 0.308 e. The van der Waals surface area contributed by atoms with Gasteiger partial charge in [-0.1, -0.05) is 46.0 Å². The molecule has 3 aliphatic rings. The molecule has 0 saturated heterocycles. The van der Waals surface area contributed by atoms with E-state index in [-0.39, 0.29) is 11.9 Å². The van der Waals surface area contributed by atoms with Crippen LogP contribution in [0.5, 0.6) is 0 Å². The van der Waals surface area contributed by atoms with Gasteiger partial charge in [-0.05, 0) is 37.0 Å². The zero-order valence-electron chi connectivity index (χ0n) is 12.5. The number of hydrogen-bond donors (Lipinski definition) is 0. The van der Waals surface area contributed by atoms with Crippen LogP contribution in [0.2, 0.25) is 0 Å². The van der Waals surface area contributed by atoms with Crippen LogP contribution < -0.4 is 0 Å². The first kappa shape index (κ1) is 13.5. The molecule has 0 aromatic rings. The number of rotatable bonds is 5. The lowest BCUT2D eigenvalue weighted by atomic mass is 9.77. The summed E-state index contributed by atoms with van der Waals surface area (Å²) < 4.78 is 5.52. The van der Waals surface area contributed by atoms with Gasteiger partial charge in [-0.2, -0.15) is 0 Å². The molecule has 0 aliphatic heterocycles. The van der Waals surface area contributed by atoms with Crippen LogP contribution in [-0.2, 0) is 9.53 Å². The predicted molar refractivity (Wildman–Crippen MR) is 75.6 cm³/mol.